The Kier molecular flexibility index (Phi) is 8.98. The maximum absolute atomic E-state index is 12.4. The van der Waals surface area contributed by atoms with Crippen LogP contribution in [0.3, 0.4) is 0 Å². The average molecular weight is 607 g/mol. The molecule has 0 bridgehead atoms. The Hall–Kier alpha value is -4.89. The highest BCUT2D eigenvalue weighted by atomic mass is 16.6. The number of aromatic nitrogens is 2. The third-order valence-electron chi connectivity index (χ3n) is 7.41. The fourth-order valence-corrected chi connectivity index (χ4v) is 5.10. The number of carbonyl (C=O) groups excluding carboxylic acids is 1. The highest BCUT2D eigenvalue weighted by molar-refractivity contribution is 5.81. The molecule has 9 heteroatoms. The first-order valence-corrected chi connectivity index (χ1v) is 15.2. The first-order valence-electron chi connectivity index (χ1n) is 15.2. The van der Waals surface area contributed by atoms with Gasteiger partial charge in [0.2, 0.25) is 17.7 Å². The summed E-state index contributed by atoms with van der Waals surface area (Å²) in [5.41, 5.74) is 4.80. The number of amides is 1. The van der Waals surface area contributed by atoms with Crippen molar-refractivity contribution in [2.75, 3.05) is 26.2 Å². The van der Waals surface area contributed by atoms with Crippen molar-refractivity contribution in [2.45, 2.75) is 46.1 Å². The van der Waals surface area contributed by atoms with E-state index in [0.29, 0.717) is 56.1 Å². The van der Waals surface area contributed by atoms with E-state index < -0.39 is 5.60 Å². The molecule has 6 rings (SSSR count). The van der Waals surface area contributed by atoms with Crippen molar-refractivity contribution in [1.82, 2.24) is 19.8 Å². The number of benzene rings is 3. The summed E-state index contributed by atoms with van der Waals surface area (Å²) in [5.74, 6) is 1.60. The maximum Gasteiger partial charge on any atom is 0.410 e. The van der Waals surface area contributed by atoms with Crippen LogP contribution in [0.4, 0.5) is 4.79 Å². The monoisotopic (exact) mass is 606 g/mol. The Morgan fingerprint density at radius 2 is 1.47 bits per heavy atom. The second kappa shape index (κ2) is 13.4. The van der Waals surface area contributed by atoms with E-state index in [-0.39, 0.29) is 6.09 Å². The largest absolute Gasteiger partial charge is 0.473 e. The van der Waals surface area contributed by atoms with Gasteiger partial charge in [-0.3, -0.25) is 4.90 Å². The minimum absolute atomic E-state index is 0.270. The van der Waals surface area contributed by atoms with Crippen molar-refractivity contribution < 1.29 is 23.4 Å². The third-order valence-corrected chi connectivity index (χ3v) is 7.41. The third kappa shape index (κ3) is 7.99. The number of ether oxygens (including phenoxy) is 3. The summed E-state index contributed by atoms with van der Waals surface area (Å²) >= 11 is 0. The molecule has 1 aliphatic heterocycles. The Labute approximate surface area is 263 Å². The fourth-order valence-electron chi connectivity index (χ4n) is 5.10. The maximum atomic E-state index is 12.4. The Morgan fingerprint density at radius 3 is 2.13 bits per heavy atom. The van der Waals surface area contributed by atoms with E-state index in [1.165, 1.54) is 0 Å². The summed E-state index contributed by atoms with van der Waals surface area (Å²) in [6.07, 6.45) is -0.270. The van der Waals surface area contributed by atoms with E-state index >= 15 is 0 Å². The molecule has 0 saturated carbocycles. The predicted molar refractivity (Wildman–Crippen MR) is 172 cm³/mol. The molecular formula is C36H38N4O5. The summed E-state index contributed by atoms with van der Waals surface area (Å²) in [4.78, 5) is 25.9. The van der Waals surface area contributed by atoms with Crippen LogP contribution in [-0.4, -0.2) is 57.6 Å². The Balaban J connectivity index is 1.17. The topological polar surface area (TPSA) is 90.2 Å². The molecule has 232 valence electrons. The van der Waals surface area contributed by atoms with Gasteiger partial charge in [0, 0.05) is 37.8 Å². The zero-order valence-corrected chi connectivity index (χ0v) is 25.9. The van der Waals surface area contributed by atoms with Crippen LogP contribution in [0, 0.1) is 0 Å². The molecule has 1 fully saturated rings. The molecule has 1 amide bonds. The van der Waals surface area contributed by atoms with E-state index in [9.17, 15) is 4.79 Å². The lowest BCUT2D eigenvalue weighted by Crippen LogP contribution is -2.49. The van der Waals surface area contributed by atoms with Crippen molar-refractivity contribution in [1.29, 1.82) is 0 Å². The molecule has 1 aliphatic rings. The fraction of sp³-hybridized carbons (Fsp3) is 0.306. The average Bonchev–Trinajstić information content (AvgIpc) is 3.45. The van der Waals surface area contributed by atoms with E-state index in [1.807, 2.05) is 112 Å². The lowest BCUT2D eigenvalue weighted by Gasteiger charge is -2.35. The van der Waals surface area contributed by atoms with Crippen molar-refractivity contribution in [2.24, 2.45) is 0 Å². The van der Waals surface area contributed by atoms with Gasteiger partial charge in [0.15, 0.2) is 5.58 Å². The first kappa shape index (κ1) is 30.1. The SMILES string of the molecule is CC(C)(C)OC(=O)N1CCN(Cc2nc3ccc(-c4ccc(OCc5ccccc5)nc4OCc4ccccc4)cc3o2)CC1. The predicted octanol–water partition coefficient (Wildman–Crippen LogP) is 7.10. The van der Waals surface area contributed by atoms with Crippen molar-refractivity contribution >= 4 is 17.2 Å². The van der Waals surface area contributed by atoms with Gasteiger partial charge in [0.1, 0.15) is 24.3 Å². The van der Waals surface area contributed by atoms with Crippen LogP contribution in [-0.2, 0) is 24.5 Å². The standard InChI is InChI=1S/C36H38N4O5/c1-36(2,3)45-35(41)40-20-18-39(19-21-40)23-33-37-30-16-14-28(22-31(30)44-33)29-15-17-32(42-24-26-10-6-4-7-11-26)38-34(29)43-25-27-12-8-5-9-13-27/h4-17,22H,18-21,23-25H2,1-3H3. The summed E-state index contributed by atoms with van der Waals surface area (Å²) in [6.45, 7) is 9.62. The first-order chi connectivity index (χ1) is 21.8. The van der Waals surface area contributed by atoms with E-state index in [4.69, 9.17) is 28.6 Å². The molecule has 0 N–H and O–H groups in total. The van der Waals surface area contributed by atoms with Crippen LogP contribution in [0.5, 0.6) is 11.8 Å². The Bertz CT molecular complexity index is 1730. The molecule has 5 aromatic rings. The van der Waals surface area contributed by atoms with Gasteiger partial charge < -0.3 is 23.5 Å². The van der Waals surface area contributed by atoms with Gasteiger partial charge in [-0.15, -0.1) is 0 Å². The smallest absolute Gasteiger partial charge is 0.410 e. The van der Waals surface area contributed by atoms with Crippen molar-refractivity contribution in [3.63, 3.8) is 0 Å². The van der Waals surface area contributed by atoms with Gasteiger partial charge in [0.05, 0.1) is 6.54 Å². The quantitative estimate of drug-likeness (QED) is 0.176. The molecule has 2 aromatic heterocycles. The summed E-state index contributed by atoms with van der Waals surface area (Å²) in [5, 5.41) is 0. The number of oxazole rings is 1. The van der Waals surface area contributed by atoms with Crippen LogP contribution < -0.4 is 9.47 Å². The van der Waals surface area contributed by atoms with Gasteiger partial charge >= 0.3 is 6.09 Å². The second-order valence-corrected chi connectivity index (χ2v) is 12.1. The lowest BCUT2D eigenvalue weighted by molar-refractivity contribution is 0.0133. The number of nitrogens with zero attached hydrogens (tertiary/aromatic N) is 4. The van der Waals surface area contributed by atoms with E-state index in [0.717, 1.165) is 40.9 Å². The normalized spacial score (nSPS) is 14.0. The van der Waals surface area contributed by atoms with Crippen molar-refractivity contribution in [3.8, 4) is 22.9 Å². The summed E-state index contributed by atoms with van der Waals surface area (Å²) < 4.78 is 24.0. The summed E-state index contributed by atoms with van der Waals surface area (Å²) in [7, 11) is 0. The van der Waals surface area contributed by atoms with Crippen LogP contribution in [0.2, 0.25) is 0 Å². The van der Waals surface area contributed by atoms with Crippen LogP contribution in [0.1, 0.15) is 37.8 Å². The van der Waals surface area contributed by atoms with Crippen LogP contribution in [0.25, 0.3) is 22.2 Å². The molecule has 0 aliphatic carbocycles. The molecule has 0 radical (unpaired) electrons. The lowest BCUT2D eigenvalue weighted by atomic mass is 10.1. The Morgan fingerprint density at radius 1 is 0.800 bits per heavy atom. The van der Waals surface area contributed by atoms with Crippen molar-refractivity contribution in [3.05, 3.63) is 108 Å². The van der Waals surface area contributed by atoms with Crippen LogP contribution >= 0.6 is 0 Å². The number of fused-ring (bicyclic) bond motifs is 1. The van der Waals surface area contributed by atoms with Gasteiger partial charge in [-0.1, -0.05) is 66.7 Å². The molecule has 9 nitrogen and oxygen atoms in total. The highest BCUT2D eigenvalue weighted by Gasteiger charge is 2.26. The minimum Gasteiger partial charge on any atom is -0.473 e. The number of hydrogen-bond acceptors (Lipinski definition) is 8. The molecule has 0 spiro atoms. The molecule has 3 aromatic carbocycles. The van der Waals surface area contributed by atoms with E-state index in [1.54, 1.807) is 4.90 Å². The molecule has 0 unspecified atom stereocenters. The zero-order chi connectivity index (χ0) is 31.2. The number of piperazine rings is 1. The number of carbonyl (C=O) groups is 1. The summed E-state index contributed by atoms with van der Waals surface area (Å²) in [6, 6.07) is 29.8. The van der Waals surface area contributed by atoms with Crippen LogP contribution in [0.15, 0.2) is 95.4 Å². The second-order valence-electron chi connectivity index (χ2n) is 12.1. The molecule has 3 heterocycles. The van der Waals surface area contributed by atoms with Gasteiger partial charge in [0.25, 0.3) is 0 Å². The molecule has 0 atom stereocenters. The zero-order valence-electron chi connectivity index (χ0n) is 25.9. The number of rotatable bonds is 9. The molecular weight excluding hydrogens is 568 g/mol. The number of hydrogen-bond donors (Lipinski definition) is 0. The van der Waals surface area contributed by atoms with E-state index in [2.05, 4.69) is 4.90 Å². The molecule has 1 saturated heterocycles. The minimum atomic E-state index is -0.506. The number of pyridine rings is 1. The van der Waals surface area contributed by atoms with Gasteiger partial charge in [-0.2, -0.15) is 4.98 Å². The van der Waals surface area contributed by atoms with Gasteiger partial charge in [-0.05, 0) is 55.7 Å². The highest BCUT2D eigenvalue weighted by Crippen LogP contribution is 2.33. The molecule has 45 heavy (non-hydrogen) atoms. The van der Waals surface area contributed by atoms with Gasteiger partial charge in [-0.25, -0.2) is 9.78 Å².